The van der Waals surface area contributed by atoms with E-state index in [1.807, 2.05) is 71.0 Å². The first-order valence-corrected chi connectivity index (χ1v) is 14.8. The molecule has 1 N–H and O–H groups in total. The van der Waals surface area contributed by atoms with Gasteiger partial charge in [-0.25, -0.2) is 8.42 Å². The standard InChI is InChI=1S/C31H39N3O4S/c1-6-25(5)32-31(36)29(7-2)33(21-26-14-12-11-13-24(26)4)30(35)22-34(27-19-17-23(3)18-20-27)39(37,38)28-15-9-8-10-16-28/h8-20,25,29H,6-7,21-22H2,1-5H3,(H,32,36). The monoisotopic (exact) mass is 549 g/mol. The minimum absolute atomic E-state index is 0.0514. The van der Waals surface area contributed by atoms with Crippen LogP contribution >= 0.6 is 0 Å². The number of sulfonamides is 1. The molecule has 0 heterocycles. The average molecular weight is 550 g/mol. The summed E-state index contributed by atoms with van der Waals surface area (Å²) < 4.78 is 28.8. The van der Waals surface area contributed by atoms with Gasteiger partial charge in [0, 0.05) is 12.6 Å². The lowest BCUT2D eigenvalue weighted by atomic mass is 10.1. The second-order valence-corrected chi connectivity index (χ2v) is 11.7. The van der Waals surface area contributed by atoms with Crippen molar-refractivity contribution in [3.63, 3.8) is 0 Å². The molecule has 0 saturated heterocycles. The quantitative estimate of drug-likeness (QED) is 0.336. The number of hydrogen-bond donors (Lipinski definition) is 1. The van der Waals surface area contributed by atoms with Crippen LogP contribution in [0.4, 0.5) is 5.69 Å². The summed E-state index contributed by atoms with van der Waals surface area (Å²) in [5.74, 6) is -0.703. The molecule has 7 nitrogen and oxygen atoms in total. The number of carbonyl (C=O) groups excluding carboxylic acids is 2. The number of nitrogens with zero attached hydrogens (tertiary/aromatic N) is 2. The van der Waals surface area contributed by atoms with Crippen LogP contribution in [0.3, 0.4) is 0 Å². The van der Waals surface area contributed by atoms with E-state index in [9.17, 15) is 18.0 Å². The molecule has 39 heavy (non-hydrogen) atoms. The van der Waals surface area contributed by atoms with Gasteiger partial charge in [0.2, 0.25) is 11.8 Å². The maximum absolute atomic E-state index is 14.1. The van der Waals surface area contributed by atoms with E-state index in [4.69, 9.17) is 0 Å². The molecule has 0 saturated carbocycles. The van der Waals surface area contributed by atoms with Gasteiger partial charge in [-0.3, -0.25) is 13.9 Å². The molecule has 3 aromatic rings. The van der Waals surface area contributed by atoms with Gasteiger partial charge in [0.15, 0.2) is 0 Å². The van der Waals surface area contributed by atoms with Crippen LogP contribution in [0.25, 0.3) is 0 Å². The van der Waals surface area contributed by atoms with Crippen LogP contribution in [-0.4, -0.2) is 43.8 Å². The van der Waals surface area contributed by atoms with Crippen molar-refractivity contribution in [1.82, 2.24) is 10.2 Å². The van der Waals surface area contributed by atoms with Gasteiger partial charge in [-0.05, 0) is 69.0 Å². The van der Waals surface area contributed by atoms with Crippen molar-refractivity contribution in [1.29, 1.82) is 0 Å². The van der Waals surface area contributed by atoms with Crippen LogP contribution in [-0.2, 0) is 26.2 Å². The molecule has 2 unspecified atom stereocenters. The van der Waals surface area contributed by atoms with Crippen molar-refractivity contribution >= 4 is 27.5 Å². The molecule has 2 amide bonds. The predicted molar refractivity (Wildman–Crippen MR) is 156 cm³/mol. The average Bonchev–Trinajstić information content (AvgIpc) is 2.93. The second-order valence-electron chi connectivity index (χ2n) is 9.85. The van der Waals surface area contributed by atoms with Gasteiger partial charge in [0.25, 0.3) is 10.0 Å². The van der Waals surface area contributed by atoms with E-state index < -0.39 is 28.5 Å². The molecule has 2 atom stereocenters. The molecule has 0 bridgehead atoms. The maximum atomic E-state index is 14.1. The Balaban J connectivity index is 2.05. The smallest absolute Gasteiger partial charge is 0.264 e. The summed E-state index contributed by atoms with van der Waals surface area (Å²) in [6, 6.07) is 22.0. The number of aryl methyl sites for hydroxylation is 2. The lowest BCUT2D eigenvalue weighted by Gasteiger charge is -2.34. The number of carbonyl (C=O) groups is 2. The van der Waals surface area contributed by atoms with Crippen LogP contribution in [0.5, 0.6) is 0 Å². The number of nitrogens with one attached hydrogen (secondary N) is 1. The molecular weight excluding hydrogens is 510 g/mol. The van der Waals surface area contributed by atoms with E-state index in [-0.39, 0.29) is 23.4 Å². The Kier molecular flexibility index (Phi) is 10.3. The van der Waals surface area contributed by atoms with Crippen molar-refractivity contribution in [2.24, 2.45) is 0 Å². The van der Waals surface area contributed by atoms with Crippen LogP contribution < -0.4 is 9.62 Å². The topological polar surface area (TPSA) is 86.8 Å². The summed E-state index contributed by atoms with van der Waals surface area (Å²) in [4.78, 5) is 29.0. The van der Waals surface area contributed by atoms with Crippen molar-refractivity contribution in [2.75, 3.05) is 10.8 Å². The highest BCUT2D eigenvalue weighted by atomic mass is 32.2. The Bertz CT molecular complexity index is 1360. The van der Waals surface area contributed by atoms with Gasteiger partial charge in [-0.2, -0.15) is 0 Å². The highest BCUT2D eigenvalue weighted by Gasteiger charge is 2.34. The second kappa shape index (κ2) is 13.4. The van der Waals surface area contributed by atoms with Gasteiger partial charge >= 0.3 is 0 Å². The van der Waals surface area contributed by atoms with Crippen LogP contribution in [0.2, 0.25) is 0 Å². The fraction of sp³-hybridized carbons (Fsp3) is 0.355. The Morgan fingerprint density at radius 3 is 2.05 bits per heavy atom. The highest BCUT2D eigenvalue weighted by Crippen LogP contribution is 2.25. The molecule has 0 spiro atoms. The van der Waals surface area contributed by atoms with Crippen molar-refractivity contribution in [3.8, 4) is 0 Å². The number of anilines is 1. The number of hydrogen-bond acceptors (Lipinski definition) is 4. The minimum Gasteiger partial charge on any atom is -0.352 e. The van der Waals surface area contributed by atoms with Crippen LogP contribution in [0, 0.1) is 13.8 Å². The van der Waals surface area contributed by atoms with Gasteiger partial charge in [-0.1, -0.05) is 74.0 Å². The first-order chi connectivity index (χ1) is 18.6. The summed E-state index contributed by atoms with van der Waals surface area (Å²) in [6.45, 7) is 9.37. The molecule has 0 fully saturated rings. The Morgan fingerprint density at radius 1 is 0.846 bits per heavy atom. The lowest BCUT2D eigenvalue weighted by molar-refractivity contribution is -0.140. The largest absolute Gasteiger partial charge is 0.352 e. The van der Waals surface area contributed by atoms with Crippen molar-refractivity contribution in [2.45, 2.75) is 71.0 Å². The summed E-state index contributed by atoms with van der Waals surface area (Å²) in [6.07, 6.45) is 1.14. The van der Waals surface area contributed by atoms with Crippen molar-refractivity contribution in [3.05, 3.63) is 95.6 Å². The zero-order chi connectivity index (χ0) is 28.6. The molecule has 3 rings (SSSR count). The lowest BCUT2D eigenvalue weighted by Crippen LogP contribution is -2.53. The molecule has 8 heteroatoms. The van der Waals surface area contributed by atoms with E-state index in [0.717, 1.165) is 27.4 Å². The first kappa shape index (κ1) is 29.9. The van der Waals surface area contributed by atoms with Gasteiger partial charge < -0.3 is 10.2 Å². The van der Waals surface area contributed by atoms with E-state index in [0.29, 0.717) is 12.1 Å². The molecule has 0 aliphatic rings. The van der Waals surface area contributed by atoms with E-state index in [1.54, 1.807) is 30.3 Å². The summed E-state index contributed by atoms with van der Waals surface area (Å²) in [7, 11) is -4.07. The predicted octanol–water partition coefficient (Wildman–Crippen LogP) is 5.22. The SMILES string of the molecule is CCC(C)NC(=O)C(CC)N(Cc1ccccc1C)C(=O)CN(c1ccc(C)cc1)S(=O)(=O)c1ccccc1. The number of rotatable bonds is 12. The Morgan fingerprint density at radius 2 is 1.46 bits per heavy atom. The molecule has 0 aliphatic carbocycles. The molecule has 208 valence electrons. The van der Waals surface area contributed by atoms with Crippen LogP contribution in [0.15, 0.2) is 83.8 Å². The van der Waals surface area contributed by atoms with Gasteiger partial charge in [0.05, 0.1) is 10.6 Å². The molecule has 0 radical (unpaired) electrons. The molecular formula is C31H39N3O4S. The summed E-state index contributed by atoms with van der Waals surface area (Å²) in [5.41, 5.74) is 3.23. The van der Waals surface area contributed by atoms with Crippen LogP contribution in [0.1, 0.15) is 50.3 Å². The fourth-order valence-electron chi connectivity index (χ4n) is 4.29. The zero-order valence-corrected chi connectivity index (χ0v) is 24.2. The Labute approximate surface area is 232 Å². The first-order valence-electron chi connectivity index (χ1n) is 13.4. The number of amides is 2. The third-order valence-electron chi connectivity index (χ3n) is 6.92. The summed E-state index contributed by atoms with van der Waals surface area (Å²) in [5, 5.41) is 3.00. The molecule has 0 aliphatic heterocycles. The van der Waals surface area contributed by atoms with E-state index >= 15 is 0 Å². The maximum Gasteiger partial charge on any atom is 0.264 e. The molecule has 0 aromatic heterocycles. The molecule has 3 aromatic carbocycles. The third kappa shape index (κ3) is 7.47. The van der Waals surface area contributed by atoms with E-state index in [2.05, 4.69) is 5.32 Å². The van der Waals surface area contributed by atoms with Gasteiger partial charge in [-0.15, -0.1) is 0 Å². The zero-order valence-electron chi connectivity index (χ0n) is 23.4. The van der Waals surface area contributed by atoms with Crippen molar-refractivity contribution < 1.29 is 18.0 Å². The fourth-order valence-corrected chi connectivity index (χ4v) is 5.73. The normalized spacial score (nSPS) is 12.8. The third-order valence-corrected chi connectivity index (χ3v) is 8.71. The van der Waals surface area contributed by atoms with Gasteiger partial charge in [0.1, 0.15) is 12.6 Å². The minimum atomic E-state index is -4.07. The Hall–Kier alpha value is -3.65. The number of benzene rings is 3. The van der Waals surface area contributed by atoms with E-state index in [1.165, 1.54) is 17.0 Å². The highest BCUT2D eigenvalue weighted by molar-refractivity contribution is 7.92. The summed E-state index contributed by atoms with van der Waals surface area (Å²) >= 11 is 0.